The van der Waals surface area contributed by atoms with Crippen molar-refractivity contribution in [2.45, 2.75) is 44.1 Å². The average Bonchev–Trinajstić information content (AvgIpc) is 2.76. The molecule has 1 N–H and O–H groups in total. The Morgan fingerprint density at radius 3 is 2.20 bits per heavy atom. The van der Waals surface area contributed by atoms with Crippen LogP contribution in [0.1, 0.15) is 33.6 Å². The van der Waals surface area contributed by atoms with Gasteiger partial charge in [0.05, 0.1) is 17.2 Å². The van der Waals surface area contributed by atoms with E-state index >= 15 is 0 Å². The van der Waals surface area contributed by atoms with E-state index in [-0.39, 0.29) is 39.6 Å². The minimum Gasteiger partial charge on any atom is -0.491 e. The van der Waals surface area contributed by atoms with E-state index in [2.05, 4.69) is 4.72 Å². The van der Waals surface area contributed by atoms with Crippen LogP contribution < -0.4 is 9.46 Å². The summed E-state index contributed by atoms with van der Waals surface area (Å²) in [6.45, 7) is 5.62. The van der Waals surface area contributed by atoms with Gasteiger partial charge in [-0.3, -0.25) is 9.52 Å². The molecule has 0 unspecified atom stereocenters. The van der Waals surface area contributed by atoms with Gasteiger partial charge in [-0.25, -0.2) is 8.42 Å². The van der Waals surface area contributed by atoms with E-state index in [1.165, 1.54) is 18.2 Å². The van der Waals surface area contributed by atoms with Crippen molar-refractivity contribution < 1.29 is 22.7 Å². The van der Waals surface area contributed by atoms with Gasteiger partial charge in [-0.05, 0) is 68.7 Å². The Hall–Kier alpha value is -2.74. The number of benzene rings is 3. The topological polar surface area (TPSA) is 81.7 Å². The maximum atomic E-state index is 13.1. The van der Waals surface area contributed by atoms with Crippen molar-refractivity contribution in [3.8, 4) is 16.9 Å². The molecule has 3 aromatic carbocycles. The van der Waals surface area contributed by atoms with Crippen LogP contribution in [0.25, 0.3) is 11.1 Å². The molecular weight excluding hydrogens is 509 g/mol. The van der Waals surface area contributed by atoms with Gasteiger partial charge in [0.1, 0.15) is 11.4 Å². The summed E-state index contributed by atoms with van der Waals surface area (Å²) in [5.74, 6) is 0.00450. The molecule has 0 atom stereocenters. The highest BCUT2D eigenvalue weighted by Crippen LogP contribution is 2.33. The molecule has 0 saturated carbocycles. The number of hydrogen-bond acceptors (Lipinski definition) is 5. The molecule has 3 aromatic rings. The molecule has 186 valence electrons. The average molecular weight is 536 g/mol. The number of rotatable bonds is 9. The Kier molecular flexibility index (Phi) is 8.70. The first-order valence-corrected chi connectivity index (χ1v) is 13.2. The third-order valence-electron chi connectivity index (χ3n) is 4.68. The molecular formula is C26H27Cl2NO5S. The van der Waals surface area contributed by atoms with Gasteiger partial charge in [-0.15, -0.1) is 0 Å². The van der Waals surface area contributed by atoms with Gasteiger partial charge in [-0.1, -0.05) is 59.6 Å². The minimum absolute atomic E-state index is 0.0732. The SMILES string of the molecule is CC(C)(C)OC(=O)CCCOc1ccc(-c2ccccc2)cc1NS(=O)(=O)c1cc(Cl)cc(Cl)c1. The monoisotopic (exact) mass is 535 g/mol. The third kappa shape index (κ3) is 8.16. The lowest BCUT2D eigenvalue weighted by molar-refractivity contribution is -0.155. The van der Waals surface area contributed by atoms with Crippen LogP contribution in [0.15, 0.2) is 71.6 Å². The maximum absolute atomic E-state index is 13.1. The first-order valence-electron chi connectivity index (χ1n) is 11.0. The molecule has 6 nitrogen and oxygen atoms in total. The molecule has 0 radical (unpaired) electrons. The minimum atomic E-state index is -4.02. The Labute approximate surface area is 216 Å². The zero-order chi connectivity index (χ0) is 25.6. The highest BCUT2D eigenvalue weighted by molar-refractivity contribution is 7.92. The number of carbonyl (C=O) groups is 1. The predicted molar refractivity (Wildman–Crippen MR) is 140 cm³/mol. The molecule has 0 amide bonds. The fourth-order valence-corrected chi connectivity index (χ4v) is 5.01. The number of hydrogen-bond donors (Lipinski definition) is 1. The molecule has 0 saturated heterocycles. The molecule has 35 heavy (non-hydrogen) atoms. The molecule has 0 aliphatic heterocycles. The van der Waals surface area contributed by atoms with Gasteiger partial charge in [-0.2, -0.15) is 0 Å². The predicted octanol–water partition coefficient (Wildman–Crippen LogP) is 6.96. The molecule has 0 heterocycles. The lowest BCUT2D eigenvalue weighted by Crippen LogP contribution is -2.24. The van der Waals surface area contributed by atoms with Gasteiger partial charge in [0.15, 0.2) is 0 Å². The number of nitrogens with one attached hydrogen (secondary N) is 1. The van der Waals surface area contributed by atoms with Crippen molar-refractivity contribution in [1.82, 2.24) is 0 Å². The van der Waals surface area contributed by atoms with E-state index in [0.717, 1.165) is 11.1 Å². The summed E-state index contributed by atoms with van der Waals surface area (Å²) >= 11 is 12.0. The largest absolute Gasteiger partial charge is 0.491 e. The third-order valence-corrected chi connectivity index (χ3v) is 6.46. The fourth-order valence-electron chi connectivity index (χ4n) is 3.22. The van der Waals surface area contributed by atoms with Crippen molar-refractivity contribution >= 4 is 44.9 Å². The van der Waals surface area contributed by atoms with E-state index in [1.807, 2.05) is 36.4 Å². The van der Waals surface area contributed by atoms with Crippen LogP contribution in [0, 0.1) is 0 Å². The zero-order valence-electron chi connectivity index (χ0n) is 19.7. The molecule has 0 aliphatic carbocycles. The lowest BCUT2D eigenvalue weighted by Gasteiger charge is -2.19. The van der Waals surface area contributed by atoms with Crippen LogP contribution in [0.3, 0.4) is 0 Å². The van der Waals surface area contributed by atoms with Crippen LogP contribution >= 0.6 is 23.2 Å². The van der Waals surface area contributed by atoms with E-state index in [0.29, 0.717) is 12.2 Å². The molecule has 3 rings (SSSR count). The van der Waals surface area contributed by atoms with E-state index in [4.69, 9.17) is 32.7 Å². The number of esters is 1. The summed E-state index contributed by atoms with van der Waals surface area (Å²) in [4.78, 5) is 11.9. The van der Waals surface area contributed by atoms with Crippen molar-refractivity contribution in [2.75, 3.05) is 11.3 Å². The summed E-state index contributed by atoms with van der Waals surface area (Å²) in [6.07, 6.45) is 0.590. The molecule has 0 bridgehead atoms. The van der Waals surface area contributed by atoms with Gasteiger partial charge in [0.25, 0.3) is 10.0 Å². The van der Waals surface area contributed by atoms with Crippen molar-refractivity contribution in [2.24, 2.45) is 0 Å². The van der Waals surface area contributed by atoms with Gasteiger partial charge in [0, 0.05) is 16.5 Å². The number of sulfonamides is 1. The number of halogens is 2. The smallest absolute Gasteiger partial charge is 0.306 e. The van der Waals surface area contributed by atoms with Gasteiger partial charge < -0.3 is 9.47 Å². The summed E-state index contributed by atoms with van der Waals surface area (Å²) in [5, 5.41) is 0.407. The van der Waals surface area contributed by atoms with Crippen molar-refractivity contribution in [3.63, 3.8) is 0 Å². The first kappa shape index (κ1) is 26.9. The van der Waals surface area contributed by atoms with Crippen LogP contribution in [0.4, 0.5) is 5.69 Å². The number of anilines is 1. The van der Waals surface area contributed by atoms with E-state index in [1.54, 1.807) is 32.9 Å². The summed E-state index contributed by atoms with van der Waals surface area (Å²) < 4.78 is 40.0. The van der Waals surface area contributed by atoms with Crippen LogP contribution in [-0.2, 0) is 19.6 Å². The number of ether oxygens (including phenoxy) is 2. The highest BCUT2D eigenvalue weighted by Gasteiger charge is 2.20. The Bertz CT molecular complexity index is 1270. The van der Waals surface area contributed by atoms with E-state index < -0.39 is 15.6 Å². The van der Waals surface area contributed by atoms with Crippen LogP contribution in [0.5, 0.6) is 5.75 Å². The highest BCUT2D eigenvalue weighted by atomic mass is 35.5. The normalized spacial score (nSPS) is 11.7. The van der Waals surface area contributed by atoms with Gasteiger partial charge >= 0.3 is 5.97 Å². The van der Waals surface area contributed by atoms with Crippen LogP contribution in [0.2, 0.25) is 10.0 Å². The Morgan fingerprint density at radius 1 is 0.914 bits per heavy atom. The Balaban J connectivity index is 1.83. The first-order chi connectivity index (χ1) is 16.4. The van der Waals surface area contributed by atoms with Crippen molar-refractivity contribution in [1.29, 1.82) is 0 Å². The Morgan fingerprint density at radius 2 is 1.57 bits per heavy atom. The molecule has 0 fully saturated rings. The van der Waals surface area contributed by atoms with Gasteiger partial charge in [0.2, 0.25) is 0 Å². The van der Waals surface area contributed by atoms with E-state index in [9.17, 15) is 13.2 Å². The van der Waals surface area contributed by atoms with Crippen LogP contribution in [-0.4, -0.2) is 26.6 Å². The van der Waals surface area contributed by atoms with Crippen molar-refractivity contribution in [3.05, 3.63) is 76.8 Å². The number of carbonyl (C=O) groups excluding carboxylic acids is 1. The summed E-state index contributed by atoms with van der Waals surface area (Å²) in [5.41, 5.74) is 1.41. The standard InChI is InChI=1S/C26H27Cl2NO5S/c1-26(2,3)34-25(30)10-7-13-33-24-12-11-19(18-8-5-4-6-9-18)14-23(24)29-35(31,32)22-16-20(27)15-21(28)17-22/h4-6,8-9,11-12,14-17,29H,7,10,13H2,1-3H3. The second-order valence-corrected chi connectivity index (χ2v) is 11.4. The second kappa shape index (κ2) is 11.3. The quantitative estimate of drug-likeness (QED) is 0.236. The molecule has 9 heteroatoms. The lowest BCUT2D eigenvalue weighted by atomic mass is 10.1. The summed E-state index contributed by atoms with van der Waals surface area (Å²) in [7, 11) is -4.02. The summed E-state index contributed by atoms with van der Waals surface area (Å²) in [6, 6.07) is 18.9. The second-order valence-electron chi connectivity index (χ2n) is 8.83. The molecule has 0 aliphatic rings. The molecule has 0 aromatic heterocycles. The zero-order valence-corrected chi connectivity index (χ0v) is 22.0. The fraction of sp³-hybridized carbons (Fsp3) is 0.269. The maximum Gasteiger partial charge on any atom is 0.306 e. The molecule has 0 spiro atoms.